The number of nitrogens with one attached hydrogen (secondary N) is 1. The number of hydrogen-bond acceptors (Lipinski definition) is 4. The largest absolute Gasteiger partial charge is 0.496 e. The Morgan fingerprint density at radius 2 is 1.35 bits per heavy atom. The van der Waals surface area contributed by atoms with Crippen molar-refractivity contribution in [3.63, 3.8) is 0 Å². The molecule has 0 radical (unpaired) electrons. The Morgan fingerprint density at radius 1 is 0.839 bits per heavy atom. The van der Waals surface area contributed by atoms with E-state index in [1.54, 1.807) is 14.2 Å². The van der Waals surface area contributed by atoms with Gasteiger partial charge in [-0.15, -0.1) is 0 Å². The third-order valence-electron chi connectivity index (χ3n) is 8.48. The van der Waals surface area contributed by atoms with Crippen molar-refractivity contribution in [2.75, 3.05) is 20.8 Å². The lowest BCUT2D eigenvalue weighted by Crippen LogP contribution is -2.46. The Morgan fingerprint density at radius 3 is 1.87 bits per heavy atom. The van der Waals surface area contributed by atoms with Crippen LogP contribution in [0.5, 0.6) is 11.5 Å². The van der Waals surface area contributed by atoms with Gasteiger partial charge >= 0.3 is 0 Å². The molecule has 0 amide bonds. The summed E-state index contributed by atoms with van der Waals surface area (Å²) in [7, 11) is 3.43. The summed E-state index contributed by atoms with van der Waals surface area (Å²) in [6, 6.07) is 4.04. The highest BCUT2D eigenvalue weighted by Gasteiger charge is 2.33. The van der Waals surface area contributed by atoms with Gasteiger partial charge in [-0.25, -0.2) is 0 Å². The van der Waals surface area contributed by atoms with E-state index in [2.05, 4.69) is 5.32 Å². The molecule has 4 heteroatoms. The number of fused-ring (bicyclic) bond motifs is 1. The predicted molar refractivity (Wildman–Crippen MR) is 126 cm³/mol. The minimum absolute atomic E-state index is 0.0897. The van der Waals surface area contributed by atoms with E-state index in [0.717, 1.165) is 47.8 Å². The van der Waals surface area contributed by atoms with Gasteiger partial charge in [0, 0.05) is 23.6 Å². The fourth-order valence-corrected chi connectivity index (χ4v) is 6.81. The van der Waals surface area contributed by atoms with Gasteiger partial charge in [-0.3, -0.25) is 0 Å². The predicted octanol–water partition coefficient (Wildman–Crippen LogP) is 5.29. The molecule has 2 fully saturated rings. The number of ether oxygens (including phenoxy) is 2. The Kier molecular flexibility index (Phi) is 8.17. The Labute approximate surface area is 189 Å². The van der Waals surface area contributed by atoms with E-state index >= 15 is 0 Å². The molecule has 0 saturated heterocycles. The molecule has 0 aliphatic heterocycles. The van der Waals surface area contributed by atoms with Crippen LogP contribution in [0.4, 0.5) is 0 Å². The molecule has 174 valence electrons. The van der Waals surface area contributed by atoms with Gasteiger partial charge in [-0.1, -0.05) is 64.2 Å². The molecular formula is C27H43NO3. The highest BCUT2D eigenvalue weighted by molar-refractivity contribution is 5.51. The van der Waals surface area contributed by atoms with Crippen molar-refractivity contribution in [1.82, 2.24) is 5.32 Å². The molecule has 2 saturated carbocycles. The Hall–Kier alpha value is -1.26. The molecule has 4 nitrogen and oxygen atoms in total. The van der Waals surface area contributed by atoms with Crippen LogP contribution in [0.2, 0.25) is 0 Å². The molecule has 1 aromatic carbocycles. The minimum Gasteiger partial charge on any atom is -0.496 e. The summed E-state index contributed by atoms with van der Waals surface area (Å²) < 4.78 is 11.2. The van der Waals surface area contributed by atoms with E-state index in [4.69, 9.17) is 9.47 Å². The van der Waals surface area contributed by atoms with Gasteiger partial charge in [-0.2, -0.15) is 0 Å². The molecule has 3 aliphatic rings. The first kappa shape index (κ1) is 22.9. The van der Waals surface area contributed by atoms with E-state index < -0.39 is 0 Å². The van der Waals surface area contributed by atoms with Crippen LogP contribution in [-0.4, -0.2) is 38.0 Å². The lowest BCUT2D eigenvalue weighted by Gasteiger charge is -2.39. The van der Waals surface area contributed by atoms with Crippen LogP contribution in [0.25, 0.3) is 0 Å². The van der Waals surface area contributed by atoms with Crippen LogP contribution in [0, 0.1) is 17.8 Å². The zero-order valence-corrected chi connectivity index (χ0v) is 19.7. The monoisotopic (exact) mass is 429 g/mol. The molecule has 0 bridgehead atoms. The van der Waals surface area contributed by atoms with Gasteiger partial charge in [0.25, 0.3) is 0 Å². The zero-order valence-electron chi connectivity index (χ0n) is 19.7. The smallest absolute Gasteiger partial charge is 0.122 e. The van der Waals surface area contributed by atoms with Crippen molar-refractivity contribution in [2.45, 2.75) is 95.6 Å². The molecular weight excluding hydrogens is 386 g/mol. The Bertz CT molecular complexity index is 676. The molecule has 0 spiro atoms. The van der Waals surface area contributed by atoms with E-state index in [9.17, 15) is 5.11 Å². The fourth-order valence-electron chi connectivity index (χ4n) is 6.81. The molecule has 1 aromatic rings. The van der Waals surface area contributed by atoms with Gasteiger partial charge in [0.2, 0.25) is 0 Å². The molecule has 31 heavy (non-hydrogen) atoms. The number of hydrogen-bond donors (Lipinski definition) is 2. The second kappa shape index (κ2) is 11.0. The van der Waals surface area contributed by atoms with Gasteiger partial charge in [0.15, 0.2) is 0 Å². The van der Waals surface area contributed by atoms with Crippen molar-refractivity contribution in [1.29, 1.82) is 0 Å². The van der Waals surface area contributed by atoms with E-state index in [1.165, 1.54) is 76.2 Å². The summed E-state index contributed by atoms with van der Waals surface area (Å²) in [5.41, 5.74) is 2.30. The summed E-state index contributed by atoms with van der Waals surface area (Å²) in [6.07, 6.45) is 16.7. The molecule has 0 heterocycles. The highest BCUT2D eigenvalue weighted by Crippen LogP contribution is 2.42. The molecule has 2 N–H and O–H groups in total. The normalized spacial score (nSPS) is 25.4. The first-order chi connectivity index (χ1) is 15.2. The summed E-state index contributed by atoms with van der Waals surface area (Å²) in [5.74, 6) is 4.51. The maximum absolute atomic E-state index is 10.9. The van der Waals surface area contributed by atoms with Crippen molar-refractivity contribution < 1.29 is 14.6 Å². The first-order valence-electron chi connectivity index (χ1n) is 12.9. The topological polar surface area (TPSA) is 50.7 Å². The van der Waals surface area contributed by atoms with Crippen LogP contribution < -0.4 is 14.8 Å². The SMILES string of the molecule is COc1ccc(OC)c2c1C[C@@H](O)[C@H](NCCC(C1CCCCC1)C1CCCCC1)C2. The number of aliphatic hydroxyl groups excluding tert-OH is 1. The number of aliphatic hydroxyl groups is 1. The number of methoxy groups -OCH3 is 2. The quantitative estimate of drug-likeness (QED) is 0.590. The standard InChI is InChI=1S/C27H43NO3/c1-30-26-13-14-27(31-2)23-18-25(29)24(17-22(23)26)28-16-15-21(19-9-5-3-6-10-19)20-11-7-4-8-12-20/h13-14,19-21,24-25,28-29H,3-12,15-18H2,1-2H3/t24-,25-/m1/s1. The third kappa shape index (κ3) is 5.39. The van der Waals surface area contributed by atoms with Crippen LogP contribution in [0.1, 0.15) is 81.8 Å². The minimum atomic E-state index is -0.378. The number of rotatable bonds is 8. The lowest BCUT2D eigenvalue weighted by molar-refractivity contribution is 0.107. The molecule has 4 rings (SSSR count). The van der Waals surface area contributed by atoms with Crippen LogP contribution in [0.3, 0.4) is 0 Å². The Balaban J connectivity index is 1.39. The van der Waals surface area contributed by atoms with E-state index in [0.29, 0.717) is 6.42 Å². The van der Waals surface area contributed by atoms with Gasteiger partial charge in [0.1, 0.15) is 11.5 Å². The van der Waals surface area contributed by atoms with E-state index in [1.807, 2.05) is 12.1 Å². The number of benzene rings is 1. The van der Waals surface area contributed by atoms with Crippen LogP contribution in [-0.2, 0) is 12.8 Å². The average molecular weight is 430 g/mol. The highest BCUT2D eigenvalue weighted by atomic mass is 16.5. The third-order valence-corrected chi connectivity index (χ3v) is 8.48. The van der Waals surface area contributed by atoms with Gasteiger partial charge < -0.3 is 19.9 Å². The second-order valence-corrected chi connectivity index (χ2v) is 10.2. The average Bonchev–Trinajstić information content (AvgIpc) is 2.82. The fraction of sp³-hybridized carbons (Fsp3) is 0.778. The van der Waals surface area contributed by atoms with Crippen molar-refractivity contribution in [3.8, 4) is 11.5 Å². The maximum Gasteiger partial charge on any atom is 0.122 e. The maximum atomic E-state index is 10.9. The van der Waals surface area contributed by atoms with Crippen molar-refractivity contribution >= 4 is 0 Å². The summed E-state index contributed by atoms with van der Waals surface area (Å²) in [4.78, 5) is 0. The zero-order chi connectivity index (χ0) is 21.6. The van der Waals surface area contributed by atoms with Crippen molar-refractivity contribution in [3.05, 3.63) is 23.3 Å². The van der Waals surface area contributed by atoms with Gasteiger partial charge in [0.05, 0.1) is 20.3 Å². The summed E-state index contributed by atoms with van der Waals surface area (Å²) in [5, 5.41) is 14.7. The summed E-state index contributed by atoms with van der Waals surface area (Å²) in [6.45, 7) is 1.01. The molecule has 3 aliphatic carbocycles. The molecule has 0 unspecified atom stereocenters. The van der Waals surface area contributed by atoms with Crippen molar-refractivity contribution in [2.24, 2.45) is 17.8 Å². The van der Waals surface area contributed by atoms with E-state index in [-0.39, 0.29) is 12.1 Å². The van der Waals surface area contributed by atoms with Gasteiger partial charge in [-0.05, 0) is 49.3 Å². The lowest BCUT2D eigenvalue weighted by atomic mass is 9.68. The van der Waals surface area contributed by atoms with Crippen LogP contribution in [0.15, 0.2) is 12.1 Å². The van der Waals surface area contributed by atoms with Crippen LogP contribution >= 0.6 is 0 Å². The second-order valence-electron chi connectivity index (χ2n) is 10.2. The molecule has 2 atom stereocenters. The summed E-state index contributed by atoms with van der Waals surface area (Å²) >= 11 is 0. The first-order valence-corrected chi connectivity index (χ1v) is 12.9. The molecule has 0 aromatic heterocycles.